The predicted octanol–water partition coefficient (Wildman–Crippen LogP) is 5.13. The van der Waals surface area contributed by atoms with Crippen LogP contribution in [0.3, 0.4) is 0 Å². The smallest absolute Gasteiger partial charge is 0.308 e. The molecule has 0 saturated heterocycles. The van der Waals surface area contributed by atoms with E-state index in [-0.39, 0.29) is 5.91 Å². The molecule has 38 heavy (non-hydrogen) atoms. The number of aryl methyl sites for hydroxylation is 2. The number of hydrogen-bond acceptors (Lipinski definition) is 7. The van der Waals surface area contributed by atoms with Gasteiger partial charge in [-0.05, 0) is 69.7 Å². The van der Waals surface area contributed by atoms with Crippen LogP contribution in [-0.4, -0.2) is 44.6 Å². The normalized spacial score (nSPS) is 15.1. The monoisotopic (exact) mass is 529 g/mol. The number of thiophene rings is 1. The van der Waals surface area contributed by atoms with Crippen molar-refractivity contribution < 1.29 is 19.4 Å². The molecule has 10 heteroatoms. The van der Waals surface area contributed by atoms with Gasteiger partial charge in [0.1, 0.15) is 22.6 Å². The van der Waals surface area contributed by atoms with Gasteiger partial charge in [-0.2, -0.15) is 0 Å². The van der Waals surface area contributed by atoms with Crippen LogP contribution in [0.4, 0.5) is 5.69 Å². The lowest BCUT2D eigenvalue weighted by Crippen LogP contribution is -2.21. The maximum Gasteiger partial charge on any atom is 0.308 e. The first-order valence-corrected chi connectivity index (χ1v) is 12.9. The molecule has 0 saturated carbocycles. The van der Waals surface area contributed by atoms with Crippen molar-refractivity contribution in [2.24, 2.45) is 10.9 Å². The van der Waals surface area contributed by atoms with Crippen molar-refractivity contribution in [2.75, 3.05) is 12.4 Å². The van der Waals surface area contributed by atoms with Crippen LogP contribution in [0.1, 0.15) is 56.5 Å². The number of carbonyl (C=O) groups is 2. The molecule has 194 valence electrons. The van der Waals surface area contributed by atoms with Crippen LogP contribution < -0.4 is 10.1 Å². The second-order valence-corrected chi connectivity index (χ2v) is 10.4. The fourth-order valence-corrected chi connectivity index (χ4v) is 5.69. The van der Waals surface area contributed by atoms with Crippen molar-refractivity contribution in [3.05, 3.63) is 87.3 Å². The minimum atomic E-state index is -0.958. The lowest BCUT2D eigenvalue weighted by atomic mass is 9.98. The summed E-state index contributed by atoms with van der Waals surface area (Å²) in [4.78, 5) is 30.9. The molecule has 0 bridgehead atoms. The molecule has 0 aliphatic carbocycles. The summed E-state index contributed by atoms with van der Waals surface area (Å²) in [5.41, 5.74) is 4.66. The molecule has 3 heterocycles. The van der Waals surface area contributed by atoms with Crippen molar-refractivity contribution in [3.8, 4) is 10.8 Å². The third-order valence-electron chi connectivity index (χ3n) is 6.82. The maximum atomic E-state index is 12.7. The number of rotatable bonds is 6. The Morgan fingerprint density at radius 2 is 1.74 bits per heavy atom. The Kier molecular flexibility index (Phi) is 6.58. The van der Waals surface area contributed by atoms with Gasteiger partial charge in [-0.25, -0.2) is 0 Å². The van der Waals surface area contributed by atoms with E-state index in [1.54, 1.807) is 49.6 Å². The van der Waals surface area contributed by atoms with E-state index in [0.29, 0.717) is 34.4 Å². The van der Waals surface area contributed by atoms with Crippen molar-refractivity contribution in [1.29, 1.82) is 0 Å². The van der Waals surface area contributed by atoms with E-state index in [0.717, 1.165) is 26.6 Å². The second-order valence-electron chi connectivity index (χ2n) is 9.21. The quantitative estimate of drug-likeness (QED) is 0.358. The predicted molar refractivity (Wildman–Crippen MR) is 146 cm³/mol. The largest absolute Gasteiger partial charge is 0.497 e. The molecule has 0 fully saturated rings. The summed E-state index contributed by atoms with van der Waals surface area (Å²) in [7, 11) is 1.58. The van der Waals surface area contributed by atoms with Crippen molar-refractivity contribution in [3.63, 3.8) is 0 Å². The van der Waals surface area contributed by atoms with Gasteiger partial charge >= 0.3 is 5.97 Å². The highest BCUT2D eigenvalue weighted by molar-refractivity contribution is 7.15. The van der Waals surface area contributed by atoms with E-state index < -0.39 is 17.9 Å². The average molecular weight is 530 g/mol. The average Bonchev–Trinajstić information content (AvgIpc) is 3.38. The van der Waals surface area contributed by atoms with Gasteiger partial charge in [0.25, 0.3) is 5.91 Å². The van der Waals surface area contributed by atoms with Gasteiger partial charge in [-0.15, -0.1) is 21.5 Å². The van der Waals surface area contributed by atoms with Crippen molar-refractivity contribution in [2.45, 2.75) is 33.7 Å². The van der Waals surface area contributed by atoms with Gasteiger partial charge < -0.3 is 15.2 Å². The molecule has 2 aromatic carbocycles. The van der Waals surface area contributed by atoms with Crippen LogP contribution in [0.15, 0.2) is 53.5 Å². The summed E-state index contributed by atoms with van der Waals surface area (Å²) in [5.74, 6) is -0.137. The first-order chi connectivity index (χ1) is 18.2. The number of fused-ring (bicyclic) bond motifs is 3. The maximum absolute atomic E-state index is 12.7. The topological polar surface area (TPSA) is 119 Å². The van der Waals surface area contributed by atoms with Gasteiger partial charge in [0.2, 0.25) is 0 Å². The molecule has 9 nitrogen and oxygen atoms in total. The first-order valence-electron chi connectivity index (χ1n) is 12.1. The summed E-state index contributed by atoms with van der Waals surface area (Å²) >= 11 is 1.61. The minimum Gasteiger partial charge on any atom is -0.497 e. The number of hydrogen-bond donors (Lipinski definition) is 2. The van der Waals surface area contributed by atoms with Crippen LogP contribution in [-0.2, 0) is 4.79 Å². The lowest BCUT2D eigenvalue weighted by Gasteiger charge is -2.16. The summed E-state index contributed by atoms with van der Waals surface area (Å²) in [6.45, 7) is 7.60. The van der Waals surface area contributed by atoms with E-state index in [9.17, 15) is 14.7 Å². The van der Waals surface area contributed by atoms with Crippen molar-refractivity contribution >= 4 is 34.6 Å². The molecule has 2 N–H and O–H groups in total. The molecule has 4 aromatic rings. The zero-order valence-electron chi connectivity index (χ0n) is 21.6. The molecule has 0 spiro atoms. The number of aliphatic carboxylic acids is 1. The standard InChI is InChI=1S/C28H27N5O4S/c1-14-16(3)38-27-22(14)24(30-23(15(2)28(35)36)25-32-31-17(4)33(25)27)18-6-10-20(11-7-18)29-26(34)19-8-12-21(37-5)13-9-19/h6-13,15,23H,1-5H3,(H,29,34)(H,35,36)/t15?,23-/m0/s1. The molecular formula is C28H27N5O4S. The molecule has 2 aromatic heterocycles. The van der Waals surface area contributed by atoms with Crippen molar-refractivity contribution in [1.82, 2.24) is 14.8 Å². The second kappa shape index (κ2) is 9.86. The van der Waals surface area contributed by atoms with Crippen LogP contribution >= 0.6 is 11.3 Å². The van der Waals surface area contributed by atoms with E-state index in [4.69, 9.17) is 9.73 Å². The number of nitrogens with one attached hydrogen (secondary N) is 1. The van der Waals surface area contributed by atoms with E-state index in [1.165, 1.54) is 0 Å². The Labute approximate surface area is 223 Å². The number of methoxy groups -OCH3 is 1. The fourth-order valence-electron chi connectivity index (χ4n) is 4.47. The Balaban J connectivity index is 1.55. The molecular weight excluding hydrogens is 502 g/mol. The number of carboxylic acid groups (broad SMARTS) is 1. The molecule has 1 aliphatic heterocycles. The van der Waals surface area contributed by atoms with Crippen LogP contribution in [0, 0.1) is 26.7 Å². The Hall–Kier alpha value is -4.31. The van der Waals surface area contributed by atoms with Crippen LogP contribution in [0.2, 0.25) is 0 Å². The van der Waals surface area contributed by atoms with Gasteiger partial charge in [-0.3, -0.25) is 19.1 Å². The lowest BCUT2D eigenvalue weighted by molar-refractivity contribution is -0.141. The highest BCUT2D eigenvalue weighted by Gasteiger charge is 2.36. The van der Waals surface area contributed by atoms with E-state index in [1.807, 2.05) is 42.7 Å². The molecule has 5 rings (SSSR count). The molecule has 2 atom stereocenters. The summed E-state index contributed by atoms with van der Waals surface area (Å²) in [6.07, 6.45) is 0. The zero-order valence-corrected chi connectivity index (χ0v) is 22.5. The SMILES string of the molecule is COc1ccc(C(=O)Nc2ccc(C3=N[C@@H](C(C)C(=O)O)c4nnc(C)n4-c4sc(C)c(C)c43)cc2)cc1. The van der Waals surface area contributed by atoms with Gasteiger partial charge in [-0.1, -0.05) is 12.1 Å². The van der Waals surface area contributed by atoms with Crippen LogP contribution in [0.25, 0.3) is 5.00 Å². The highest BCUT2D eigenvalue weighted by Crippen LogP contribution is 2.40. The van der Waals surface area contributed by atoms with E-state index >= 15 is 0 Å². The van der Waals surface area contributed by atoms with Gasteiger partial charge in [0.15, 0.2) is 5.82 Å². The minimum absolute atomic E-state index is 0.234. The number of aromatic nitrogens is 3. The molecule has 1 amide bonds. The van der Waals surface area contributed by atoms with Gasteiger partial charge in [0, 0.05) is 27.3 Å². The Morgan fingerprint density at radius 3 is 2.37 bits per heavy atom. The van der Waals surface area contributed by atoms with E-state index in [2.05, 4.69) is 22.4 Å². The summed E-state index contributed by atoms with van der Waals surface area (Å²) in [6, 6.07) is 13.6. The molecule has 1 unspecified atom stereocenters. The number of aliphatic imine (C=N–C) groups is 1. The molecule has 0 radical (unpaired) electrons. The number of carboxylic acids is 1. The molecule has 1 aliphatic rings. The Morgan fingerprint density at radius 1 is 1.05 bits per heavy atom. The highest BCUT2D eigenvalue weighted by atomic mass is 32.1. The Bertz CT molecular complexity index is 1570. The fraction of sp³-hybridized carbons (Fsp3) is 0.250. The summed E-state index contributed by atoms with van der Waals surface area (Å²) in [5, 5.41) is 22.3. The van der Waals surface area contributed by atoms with Crippen LogP contribution in [0.5, 0.6) is 5.75 Å². The zero-order chi connectivity index (χ0) is 27.1. The number of carbonyl (C=O) groups excluding carboxylic acids is 1. The summed E-state index contributed by atoms with van der Waals surface area (Å²) < 4.78 is 7.09. The number of ether oxygens (including phenoxy) is 1. The number of nitrogens with zero attached hydrogens (tertiary/aromatic N) is 4. The number of amides is 1. The third-order valence-corrected chi connectivity index (χ3v) is 8.01. The first kappa shape index (κ1) is 25.3. The number of anilines is 1. The third kappa shape index (κ3) is 4.37. The van der Waals surface area contributed by atoms with Gasteiger partial charge in [0.05, 0.1) is 18.7 Å². The number of benzene rings is 2.